The molecule has 1 spiro atoms. The van der Waals surface area contributed by atoms with Crippen molar-refractivity contribution in [2.75, 3.05) is 26.8 Å². The first-order valence-electron chi connectivity index (χ1n) is 7.74. The van der Waals surface area contributed by atoms with Gasteiger partial charge in [-0.2, -0.15) is 0 Å². The Bertz CT molecular complexity index is 448. The minimum atomic E-state index is -0.450. The van der Waals surface area contributed by atoms with Crippen LogP contribution in [0.1, 0.15) is 24.8 Å². The number of aliphatic hydroxyl groups excluding tert-OH is 1. The highest BCUT2D eigenvalue weighted by molar-refractivity contribution is 5.10. The fraction of sp³-hybridized carbons (Fsp3) is 0.688. The van der Waals surface area contributed by atoms with Gasteiger partial charge in [0.25, 0.3) is 0 Å². The number of hydrogen-bond acceptors (Lipinski definition) is 5. The summed E-state index contributed by atoms with van der Waals surface area (Å²) in [7, 11) is 2.07. The second-order valence-corrected chi connectivity index (χ2v) is 6.07. The average Bonchev–Trinajstić information content (AvgIpc) is 2.97. The van der Waals surface area contributed by atoms with E-state index in [0.29, 0.717) is 13.2 Å². The van der Waals surface area contributed by atoms with Gasteiger partial charge in [0.15, 0.2) is 5.79 Å². The molecule has 1 aliphatic carbocycles. The van der Waals surface area contributed by atoms with Crippen LogP contribution < -0.4 is 0 Å². The van der Waals surface area contributed by atoms with Gasteiger partial charge in [-0.25, -0.2) is 0 Å². The first-order valence-corrected chi connectivity index (χ1v) is 7.74. The quantitative estimate of drug-likeness (QED) is 0.904. The molecule has 0 radical (unpaired) electrons. The second kappa shape index (κ2) is 6.40. The van der Waals surface area contributed by atoms with Crippen LogP contribution in [-0.4, -0.2) is 59.7 Å². The monoisotopic (exact) mass is 292 g/mol. The summed E-state index contributed by atoms with van der Waals surface area (Å²) in [5, 5.41) is 10.3. The summed E-state index contributed by atoms with van der Waals surface area (Å²) in [5.74, 6) is -0.450. The van der Waals surface area contributed by atoms with Gasteiger partial charge in [-0.15, -0.1) is 0 Å². The van der Waals surface area contributed by atoms with E-state index in [0.717, 1.165) is 32.2 Å². The highest BCUT2D eigenvalue weighted by Gasteiger charge is 2.45. The van der Waals surface area contributed by atoms with Crippen molar-refractivity contribution in [2.24, 2.45) is 0 Å². The molecule has 5 heteroatoms. The van der Waals surface area contributed by atoms with E-state index < -0.39 is 5.79 Å². The summed E-state index contributed by atoms with van der Waals surface area (Å²) < 4.78 is 11.6. The largest absolute Gasteiger partial charge is 0.391 e. The van der Waals surface area contributed by atoms with Crippen LogP contribution >= 0.6 is 0 Å². The molecule has 5 nitrogen and oxygen atoms in total. The average molecular weight is 292 g/mol. The van der Waals surface area contributed by atoms with E-state index in [1.807, 2.05) is 24.5 Å². The lowest BCUT2D eigenvalue weighted by Crippen LogP contribution is -2.52. The van der Waals surface area contributed by atoms with E-state index in [4.69, 9.17) is 9.47 Å². The van der Waals surface area contributed by atoms with Crippen molar-refractivity contribution in [3.63, 3.8) is 0 Å². The number of aromatic nitrogens is 1. The fourth-order valence-corrected chi connectivity index (χ4v) is 3.35. The third-order valence-corrected chi connectivity index (χ3v) is 4.67. The molecule has 0 bridgehead atoms. The van der Waals surface area contributed by atoms with Crippen molar-refractivity contribution < 1.29 is 14.6 Å². The highest BCUT2D eigenvalue weighted by atomic mass is 16.7. The molecule has 1 aliphatic heterocycles. The van der Waals surface area contributed by atoms with Gasteiger partial charge in [0.05, 0.1) is 19.3 Å². The van der Waals surface area contributed by atoms with Gasteiger partial charge in [0, 0.05) is 37.8 Å². The minimum Gasteiger partial charge on any atom is -0.391 e. The fourth-order valence-electron chi connectivity index (χ4n) is 3.35. The van der Waals surface area contributed by atoms with Crippen LogP contribution in [0.2, 0.25) is 0 Å². The standard InChI is InChI=1S/C16H24N2O3/c1-18(9-5-13-3-7-17-8-4-13)14-12-16(6-2-15(14)19)20-10-11-21-16/h3-4,7-8,14-15,19H,2,5-6,9-12H2,1H3. The van der Waals surface area contributed by atoms with E-state index in [1.165, 1.54) is 5.56 Å². The number of nitrogens with zero attached hydrogens (tertiary/aromatic N) is 2. The molecule has 0 aromatic carbocycles. The predicted octanol–water partition coefficient (Wildman–Crippen LogP) is 1.21. The molecule has 21 heavy (non-hydrogen) atoms. The zero-order valence-corrected chi connectivity index (χ0v) is 12.6. The maximum Gasteiger partial charge on any atom is 0.170 e. The molecular weight excluding hydrogens is 268 g/mol. The molecule has 2 heterocycles. The summed E-state index contributed by atoms with van der Waals surface area (Å²) in [6.45, 7) is 2.24. The highest BCUT2D eigenvalue weighted by Crippen LogP contribution is 2.37. The van der Waals surface area contributed by atoms with Gasteiger partial charge in [-0.3, -0.25) is 4.98 Å². The van der Waals surface area contributed by atoms with Crippen LogP contribution in [0.4, 0.5) is 0 Å². The lowest BCUT2D eigenvalue weighted by molar-refractivity contribution is -0.203. The van der Waals surface area contributed by atoms with Gasteiger partial charge in [0.2, 0.25) is 0 Å². The van der Waals surface area contributed by atoms with Crippen molar-refractivity contribution >= 4 is 0 Å². The molecule has 2 atom stereocenters. The molecule has 1 aromatic rings. The molecule has 1 N–H and O–H groups in total. The molecule has 1 saturated heterocycles. The molecule has 1 aromatic heterocycles. The molecule has 2 aliphatic rings. The topological polar surface area (TPSA) is 54.8 Å². The molecule has 3 rings (SSSR count). The Morgan fingerprint density at radius 2 is 2.05 bits per heavy atom. The zero-order valence-electron chi connectivity index (χ0n) is 12.6. The Balaban J connectivity index is 1.58. The third-order valence-electron chi connectivity index (χ3n) is 4.67. The molecule has 2 fully saturated rings. The third kappa shape index (κ3) is 3.43. The van der Waals surface area contributed by atoms with E-state index in [-0.39, 0.29) is 12.1 Å². The minimum absolute atomic E-state index is 0.0960. The first kappa shape index (κ1) is 14.9. The number of pyridine rings is 1. The van der Waals surface area contributed by atoms with E-state index in [1.54, 1.807) is 0 Å². The van der Waals surface area contributed by atoms with Crippen molar-refractivity contribution in [1.29, 1.82) is 0 Å². The van der Waals surface area contributed by atoms with Gasteiger partial charge >= 0.3 is 0 Å². The predicted molar refractivity (Wildman–Crippen MR) is 78.9 cm³/mol. The van der Waals surface area contributed by atoms with Gasteiger partial charge in [-0.1, -0.05) is 0 Å². The number of likely N-dealkylation sites (N-methyl/N-ethyl adjacent to an activating group) is 1. The number of aliphatic hydroxyl groups is 1. The first-order chi connectivity index (χ1) is 10.2. The van der Waals surface area contributed by atoms with Crippen LogP contribution in [0.5, 0.6) is 0 Å². The van der Waals surface area contributed by atoms with E-state index in [9.17, 15) is 5.11 Å². The summed E-state index contributed by atoms with van der Waals surface area (Å²) >= 11 is 0. The van der Waals surface area contributed by atoms with Crippen molar-refractivity contribution in [1.82, 2.24) is 9.88 Å². The molecular formula is C16H24N2O3. The lowest BCUT2D eigenvalue weighted by Gasteiger charge is -2.42. The lowest BCUT2D eigenvalue weighted by atomic mass is 9.86. The Kier molecular flexibility index (Phi) is 4.54. The van der Waals surface area contributed by atoms with Crippen LogP contribution in [0, 0.1) is 0 Å². The summed E-state index contributed by atoms with van der Waals surface area (Å²) in [5.41, 5.74) is 1.27. The number of hydrogen-bond donors (Lipinski definition) is 1. The Morgan fingerprint density at radius 1 is 1.33 bits per heavy atom. The molecule has 116 valence electrons. The van der Waals surface area contributed by atoms with Gasteiger partial charge in [0.1, 0.15) is 0 Å². The van der Waals surface area contributed by atoms with Crippen LogP contribution in [0.25, 0.3) is 0 Å². The van der Waals surface area contributed by atoms with Crippen LogP contribution in [-0.2, 0) is 15.9 Å². The summed E-state index contributed by atoms with van der Waals surface area (Å²) in [6.07, 6.45) is 6.58. The molecule has 0 amide bonds. The van der Waals surface area contributed by atoms with Gasteiger partial charge in [-0.05, 0) is 37.6 Å². The molecule has 2 unspecified atom stereocenters. The maximum absolute atomic E-state index is 10.3. The van der Waals surface area contributed by atoms with Crippen LogP contribution in [0.3, 0.4) is 0 Å². The van der Waals surface area contributed by atoms with Crippen molar-refractivity contribution in [2.45, 2.75) is 43.6 Å². The summed E-state index contributed by atoms with van der Waals surface area (Å²) in [6, 6.07) is 4.17. The smallest absolute Gasteiger partial charge is 0.170 e. The zero-order chi connectivity index (χ0) is 14.7. The second-order valence-electron chi connectivity index (χ2n) is 6.07. The van der Waals surface area contributed by atoms with E-state index in [2.05, 4.69) is 16.9 Å². The Morgan fingerprint density at radius 3 is 2.76 bits per heavy atom. The summed E-state index contributed by atoms with van der Waals surface area (Å²) in [4.78, 5) is 6.27. The van der Waals surface area contributed by atoms with E-state index >= 15 is 0 Å². The normalized spacial score (nSPS) is 28.3. The van der Waals surface area contributed by atoms with Crippen LogP contribution in [0.15, 0.2) is 24.5 Å². The maximum atomic E-state index is 10.3. The van der Waals surface area contributed by atoms with Gasteiger partial charge < -0.3 is 19.5 Å². The number of rotatable bonds is 4. The number of ether oxygens (including phenoxy) is 2. The van der Waals surface area contributed by atoms with Crippen molar-refractivity contribution in [3.05, 3.63) is 30.1 Å². The van der Waals surface area contributed by atoms with Crippen molar-refractivity contribution in [3.8, 4) is 0 Å². The Labute approximate surface area is 125 Å². The SMILES string of the molecule is CN(CCc1ccncc1)C1CC2(CCC1O)OCCO2. The Hall–Kier alpha value is -1.01. The molecule has 1 saturated carbocycles.